The van der Waals surface area contributed by atoms with Crippen LogP contribution in [0.1, 0.15) is 20.3 Å². The molecule has 2 rings (SSSR count). The number of amides is 1. The van der Waals surface area contributed by atoms with Gasteiger partial charge in [-0.15, -0.1) is 0 Å². The van der Waals surface area contributed by atoms with E-state index in [2.05, 4.69) is 25.2 Å². The van der Waals surface area contributed by atoms with Crippen molar-refractivity contribution in [3.05, 3.63) is 0 Å². The number of rotatable bonds is 4. The van der Waals surface area contributed by atoms with E-state index in [9.17, 15) is 4.79 Å². The van der Waals surface area contributed by atoms with Crippen LogP contribution < -0.4 is 15.0 Å². The lowest BCUT2D eigenvalue weighted by Gasteiger charge is -2.21. The number of ether oxygens (including phenoxy) is 1. The summed E-state index contributed by atoms with van der Waals surface area (Å²) in [5, 5.41) is 2.91. The molecule has 2 heterocycles. The molecule has 1 saturated heterocycles. The van der Waals surface area contributed by atoms with Gasteiger partial charge in [-0.3, -0.25) is 4.79 Å². The van der Waals surface area contributed by atoms with Gasteiger partial charge < -0.3 is 19.9 Å². The topological polar surface area (TPSA) is 83.5 Å². The zero-order chi connectivity index (χ0) is 15.2. The van der Waals surface area contributed by atoms with E-state index in [-0.39, 0.29) is 5.91 Å². The molecule has 1 N–H and O–H groups in total. The molecule has 1 aromatic heterocycles. The van der Waals surface area contributed by atoms with Gasteiger partial charge in [0.15, 0.2) is 0 Å². The number of carbonyl (C=O) groups excluding carboxylic acids is 1. The van der Waals surface area contributed by atoms with Gasteiger partial charge in [-0.25, -0.2) is 0 Å². The summed E-state index contributed by atoms with van der Waals surface area (Å²) in [6.45, 7) is 6.96. The van der Waals surface area contributed by atoms with Crippen LogP contribution in [-0.4, -0.2) is 65.6 Å². The SMILES string of the molecule is CCOc1nc(NC)nc(N2CCCN(C(C)=O)CC2)n1. The summed E-state index contributed by atoms with van der Waals surface area (Å²) >= 11 is 0. The molecule has 1 aliphatic heterocycles. The summed E-state index contributed by atoms with van der Waals surface area (Å²) in [5.41, 5.74) is 0. The van der Waals surface area contributed by atoms with E-state index < -0.39 is 0 Å². The molecule has 0 atom stereocenters. The second kappa shape index (κ2) is 7.05. The number of carbonyl (C=O) groups is 1. The lowest BCUT2D eigenvalue weighted by molar-refractivity contribution is -0.128. The number of hydrogen-bond donors (Lipinski definition) is 1. The highest BCUT2D eigenvalue weighted by Crippen LogP contribution is 2.16. The van der Waals surface area contributed by atoms with Gasteiger partial charge in [-0.1, -0.05) is 0 Å². The molecule has 116 valence electrons. The molecule has 1 aliphatic rings. The summed E-state index contributed by atoms with van der Waals surface area (Å²) < 4.78 is 5.38. The van der Waals surface area contributed by atoms with Crippen LogP contribution in [0.3, 0.4) is 0 Å². The summed E-state index contributed by atoms with van der Waals surface area (Å²) in [5.74, 6) is 1.18. The average molecular weight is 294 g/mol. The number of anilines is 2. The molecule has 21 heavy (non-hydrogen) atoms. The Labute approximate surface area is 124 Å². The molecule has 0 radical (unpaired) electrons. The lowest BCUT2D eigenvalue weighted by atomic mass is 10.4. The molecule has 0 aliphatic carbocycles. The van der Waals surface area contributed by atoms with Gasteiger partial charge in [0.1, 0.15) is 0 Å². The van der Waals surface area contributed by atoms with Crippen molar-refractivity contribution in [1.29, 1.82) is 0 Å². The average Bonchev–Trinajstić information content (AvgIpc) is 2.73. The second-order valence-electron chi connectivity index (χ2n) is 4.77. The fraction of sp³-hybridized carbons (Fsp3) is 0.692. The Hall–Kier alpha value is -2.12. The lowest BCUT2D eigenvalue weighted by Crippen LogP contribution is -2.34. The summed E-state index contributed by atoms with van der Waals surface area (Å²) in [6.07, 6.45) is 0.893. The smallest absolute Gasteiger partial charge is 0.323 e. The van der Waals surface area contributed by atoms with Crippen LogP contribution in [0.25, 0.3) is 0 Å². The van der Waals surface area contributed by atoms with Crippen molar-refractivity contribution < 1.29 is 9.53 Å². The third-order valence-corrected chi connectivity index (χ3v) is 3.32. The number of hydrogen-bond acceptors (Lipinski definition) is 7. The minimum Gasteiger partial charge on any atom is -0.464 e. The Morgan fingerprint density at radius 3 is 2.71 bits per heavy atom. The Balaban J connectivity index is 2.16. The van der Waals surface area contributed by atoms with E-state index in [4.69, 9.17) is 4.74 Å². The fourth-order valence-electron chi connectivity index (χ4n) is 2.23. The maximum absolute atomic E-state index is 11.5. The van der Waals surface area contributed by atoms with Crippen LogP contribution in [0.4, 0.5) is 11.9 Å². The first-order valence-corrected chi connectivity index (χ1v) is 7.21. The Morgan fingerprint density at radius 1 is 1.24 bits per heavy atom. The van der Waals surface area contributed by atoms with Gasteiger partial charge >= 0.3 is 6.01 Å². The van der Waals surface area contributed by atoms with Crippen LogP contribution in [-0.2, 0) is 4.79 Å². The summed E-state index contributed by atoms with van der Waals surface area (Å²) in [6, 6.07) is 0.319. The highest BCUT2D eigenvalue weighted by atomic mass is 16.5. The fourth-order valence-corrected chi connectivity index (χ4v) is 2.23. The molecule has 1 fully saturated rings. The van der Waals surface area contributed by atoms with Crippen molar-refractivity contribution in [2.45, 2.75) is 20.3 Å². The standard InChI is InChI=1S/C13H22N6O2/c1-4-21-13-16-11(14-3)15-12(17-13)19-7-5-6-18(8-9-19)10(2)20/h4-9H2,1-3H3,(H,14,15,16,17). The zero-order valence-corrected chi connectivity index (χ0v) is 12.8. The third kappa shape index (κ3) is 3.93. The molecule has 0 aromatic carbocycles. The van der Waals surface area contributed by atoms with Crippen molar-refractivity contribution in [1.82, 2.24) is 19.9 Å². The molecule has 0 saturated carbocycles. The predicted octanol–water partition coefficient (Wildman–Crippen LogP) is 0.371. The van der Waals surface area contributed by atoms with Gasteiger partial charge in [0, 0.05) is 40.2 Å². The summed E-state index contributed by atoms with van der Waals surface area (Å²) in [7, 11) is 1.76. The summed E-state index contributed by atoms with van der Waals surface area (Å²) in [4.78, 5) is 28.3. The predicted molar refractivity (Wildman–Crippen MR) is 79.6 cm³/mol. The van der Waals surface area contributed by atoms with Crippen molar-refractivity contribution in [2.75, 3.05) is 50.1 Å². The molecule has 0 spiro atoms. The largest absolute Gasteiger partial charge is 0.464 e. The van der Waals surface area contributed by atoms with Gasteiger partial charge in [-0.05, 0) is 13.3 Å². The van der Waals surface area contributed by atoms with Crippen molar-refractivity contribution in [2.24, 2.45) is 0 Å². The maximum Gasteiger partial charge on any atom is 0.323 e. The molecule has 8 heteroatoms. The molecule has 8 nitrogen and oxygen atoms in total. The molecule has 0 unspecified atom stereocenters. The maximum atomic E-state index is 11.5. The Kier molecular flexibility index (Phi) is 5.13. The first kappa shape index (κ1) is 15.3. The van der Waals surface area contributed by atoms with E-state index in [1.165, 1.54) is 0 Å². The zero-order valence-electron chi connectivity index (χ0n) is 12.8. The van der Waals surface area contributed by atoms with Gasteiger partial charge in [0.25, 0.3) is 0 Å². The van der Waals surface area contributed by atoms with E-state index in [0.29, 0.717) is 37.6 Å². The van der Waals surface area contributed by atoms with E-state index >= 15 is 0 Å². The monoisotopic (exact) mass is 294 g/mol. The second-order valence-corrected chi connectivity index (χ2v) is 4.77. The molecule has 1 aromatic rings. The highest BCUT2D eigenvalue weighted by Gasteiger charge is 2.19. The third-order valence-electron chi connectivity index (χ3n) is 3.32. The molecular weight excluding hydrogens is 272 g/mol. The Bertz CT molecular complexity index is 496. The van der Waals surface area contributed by atoms with Crippen molar-refractivity contribution in [3.8, 4) is 6.01 Å². The van der Waals surface area contributed by atoms with Crippen LogP contribution in [0.5, 0.6) is 6.01 Å². The quantitative estimate of drug-likeness (QED) is 0.859. The van der Waals surface area contributed by atoms with Crippen LogP contribution in [0.2, 0.25) is 0 Å². The minimum atomic E-state index is 0.110. The molecular formula is C13H22N6O2. The first-order valence-electron chi connectivity index (χ1n) is 7.21. The number of nitrogens with one attached hydrogen (secondary N) is 1. The first-order chi connectivity index (χ1) is 10.1. The molecule has 1 amide bonds. The highest BCUT2D eigenvalue weighted by molar-refractivity contribution is 5.73. The van der Waals surface area contributed by atoms with Gasteiger partial charge in [-0.2, -0.15) is 15.0 Å². The van der Waals surface area contributed by atoms with E-state index in [1.54, 1.807) is 14.0 Å². The van der Waals surface area contributed by atoms with Gasteiger partial charge in [0.05, 0.1) is 6.61 Å². The number of nitrogens with zero attached hydrogens (tertiary/aromatic N) is 5. The minimum absolute atomic E-state index is 0.110. The van der Waals surface area contributed by atoms with Gasteiger partial charge in [0.2, 0.25) is 17.8 Å². The van der Waals surface area contributed by atoms with E-state index in [1.807, 2.05) is 11.8 Å². The van der Waals surface area contributed by atoms with E-state index in [0.717, 1.165) is 19.5 Å². The van der Waals surface area contributed by atoms with Crippen LogP contribution in [0, 0.1) is 0 Å². The Morgan fingerprint density at radius 2 is 2.05 bits per heavy atom. The van der Waals surface area contributed by atoms with Crippen LogP contribution in [0.15, 0.2) is 0 Å². The molecule has 0 bridgehead atoms. The number of aromatic nitrogens is 3. The van der Waals surface area contributed by atoms with Crippen molar-refractivity contribution in [3.63, 3.8) is 0 Å². The van der Waals surface area contributed by atoms with Crippen LogP contribution >= 0.6 is 0 Å². The normalized spacial score (nSPS) is 15.6. The van der Waals surface area contributed by atoms with Crippen molar-refractivity contribution >= 4 is 17.8 Å².